The average molecular weight is 663 g/mol. The van der Waals surface area contributed by atoms with E-state index in [0.29, 0.717) is 77.0 Å². The molecule has 5 aliphatic rings. The number of amides is 2. The summed E-state index contributed by atoms with van der Waals surface area (Å²) >= 11 is 0. The van der Waals surface area contributed by atoms with Gasteiger partial charge in [-0.05, 0) is 60.1 Å². The maximum absolute atomic E-state index is 13.7. The molecule has 3 aromatic carbocycles. The van der Waals surface area contributed by atoms with Crippen LogP contribution in [0.1, 0.15) is 58.4 Å². The molecule has 1 saturated heterocycles. The molecule has 3 aromatic rings. The summed E-state index contributed by atoms with van der Waals surface area (Å²) in [7, 11) is 4.76. The first-order chi connectivity index (χ1) is 23.9. The lowest BCUT2D eigenvalue weighted by atomic mass is 10.0. The Bertz CT molecular complexity index is 1910. The maximum Gasteiger partial charge on any atom is 0.260 e. The Hall–Kier alpha value is -5.32. The Balaban J connectivity index is 0.915. The quantitative estimate of drug-likeness (QED) is 0.236. The van der Waals surface area contributed by atoms with Crippen molar-refractivity contribution in [1.29, 1.82) is 0 Å². The predicted octanol–water partition coefficient (Wildman–Crippen LogP) is 6.24. The van der Waals surface area contributed by atoms with Gasteiger partial charge in [-0.1, -0.05) is 12.1 Å². The number of benzene rings is 3. The van der Waals surface area contributed by atoms with Gasteiger partial charge < -0.3 is 33.5 Å². The highest BCUT2D eigenvalue weighted by Gasteiger charge is 2.53. The van der Waals surface area contributed by atoms with Crippen LogP contribution < -0.4 is 23.7 Å². The molecule has 0 aromatic heterocycles. The minimum Gasteiger partial charge on any atom is -0.497 e. The van der Waals surface area contributed by atoms with Gasteiger partial charge in [0.1, 0.15) is 5.75 Å². The number of hydrogen-bond acceptors (Lipinski definition) is 9. The molecule has 0 radical (unpaired) electrons. The first-order valence-corrected chi connectivity index (χ1v) is 16.7. The zero-order valence-electron chi connectivity index (χ0n) is 27.8. The van der Waals surface area contributed by atoms with E-state index in [9.17, 15) is 9.59 Å². The fourth-order valence-corrected chi connectivity index (χ4v) is 7.21. The molecule has 4 aliphatic heterocycles. The van der Waals surface area contributed by atoms with E-state index in [1.165, 1.54) is 12.8 Å². The van der Waals surface area contributed by atoms with E-state index in [1.807, 2.05) is 47.8 Å². The highest BCUT2D eigenvalue weighted by molar-refractivity contribution is 6.06. The molecule has 0 unspecified atom stereocenters. The van der Waals surface area contributed by atoms with Gasteiger partial charge in [0.05, 0.1) is 69.1 Å². The standard InChI is InChI=1S/C38H38N4O7/c1-45-27-7-5-23(6-8-27)24-13-25-19-39-30-16-34(32(46-2)14-28(30)36(43)41(25)21-24)48-11-4-12-49-35-17-31-29(15-33(35)47-3)37(44)42-22-38(9-10-38)18-26(42)20-40-31/h5-8,14-17,19-21,25-26H,4,9-13,18,22H2,1-3H3/t25-,26-/m0/s1. The summed E-state index contributed by atoms with van der Waals surface area (Å²) in [6, 6.07) is 14.6. The van der Waals surface area contributed by atoms with E-state index in [0.717, 1.165) is 29.9 Å². The van der Waals surface area contributed by atoms with Crippen LogP contribution in [0.25, 0.3) is 5.57 Å². The second-order valence-corrected chi connectivity index (χ2v) is 13.2. The molecule has 49 heavy (non-hydrogen) atoms. The topological polar surface area (TPSA) is 111 Å². The molecular weight excluding hydrogens is 624 g/mol. The molecule has 1 saturated carbocycles. The number of nitrogens with zero attached hydrogens (tertiary/aromatic N) is 4. The van der Waals surface area contributed by atoms with Crippen molar-refractivity contribution in [2.45, 2.75) is 44.2 Å². The van der Waals surface area contributed by atoms with Gasteiger partial charge in [0.25, 0.3) is 11.8 Å². The van der Waals surface area contributed by atoms with Gasteiger partial charge in [-0.3, -0.25) is 19.6 Å². The molecule has 2 atom stereocenters. The van der Waals surface area contributed by atoms with Gasteiger partial charge in [-0.2, -0.15) is 0 Å². The van der Waals surface area contributed by atoms with Crippen LogP contribution in [0.15, 0.2) is 64.7 Å². The van der Waals surface area contributed by atoms with Crippen molar-refractivity contribution in [3.63, 3.8) is 0 Å². The first kappa shape index (κ1) is 31.0. The van der Waals surface area contributed by atoms with Gasteiger partial charge in [-0.15, -0.1) is 0 Å². The molecule has 0 N–H and O–H groups in total. The summed E-state index contributed by atoms with van der Waals surface area (Å²) in [4.78, 5) is 40.2. The molecule has 2 amide bonds. The number of ether oxygens (including phenoxy) is 5. The van der Waals surface area contributed by atoms with Crippen molar-refractivity contribution in [2.24, 2.45) is 15.4 Å². The number of fused-ring (bicyclic) bond motifs is 4. The molecule has 0 bridgehead atoms. The van der Waals surface area contributed by atoms with Crippen LogP contribution in [-0.4, -0.2) is 87.2 Å². The summed E-state index contributed by atoms with van der Waals surface area (Å²) in [5.41, 5.74) is 4.50. The highest BCUT2D eigenvalue weighted by atomic mass is 16.5. The largest absolute Gasteiger partial charge is 0.497 e. The van der Waals surface area contributed by atoms with Crippen LogP contribution in [0.3, 0.4) is 0 Å². The van der Waals surface area contributed by atoms with Gasteiger partial charge >= 0.3 is 0 Å². The zero-order chi connectivity index (χ0) is 33.7. The summed E-state index contributed by atoms with van der Waals surface area (Å²) in [5.74, 6) is 2.58. The minimum atomic E-state index is -0.190. The Kier molecular flexibility index (Phi) is 7.77. The van der Waals surface area contributed by atoms with Crippen LogP contribution in [0.4, 0.5) is 11.4 Å². The van der Waals surface area contributed by atoms with Crippen molar-refractivity contribution in [3.8, 4) is 28.7 Å². The highest BCUT2D eigenvalue weighted by Crippen LogP contribution is 2.55. The van der Waals surface area contributed by atoms with Crippen molar-refractivity contribution < 1.29 is 33.3 Å². The summed E-state index contributed by atoms with van der Waals surface area (Å²) < 4.78 is 28.7. The molecule has 8 rings (SSSR count). The van der Waals surface area contributed by atoms with Crippen molar-refractivity contribution >= 4 is 41.2 Å². The lowest BCUT2D eigenvalue weighted by Crippen LogP contribution is -2.35. The molecule has 252 valence electrons. The molecule has 1 spiro atoms. The van der Waals surface area contributed by atoms with Crippen molar-refractivity contribution in [3.05, 3.63) is 71.4 Å². The van der Waals surface area contributed by atoms with Gasteiger partial charge in [-0.25, -0.2) is 0 Å². The summed E-state index contributed by atoms with van der Waals surface area (Å²) in [6.07, 6.45) is 10.2. The minimum absolute atomic E-state index is 0.00423. The molecule has 11 heteroatoms. The SMILES string of the molecule is COc1ccc(C2=CN3C(=O)c4cc(OC)c(OCCCOc5cc6c(cc5OC)C(=O)N5CC7(CC7)C[C@H]5C=N6)cc4N=C[C@@H]3C2)cc1. The van der Waals surface area contributed by atoms with Crippen molar-refractivity contribution in [2.75, 3.05) is 41.1 Å². The van der Waals surface area contributed by atoms with Crippen LogP contribution in [0, 0.1) is 5.41 Å². The van der Waals surface area contributed by atoms with Crippen molar-refractivity contribution in [1.82, 2.24) is 9.80 Å². The Morgan fingerprint density at radius 3 is 1.96 bits per heavy atom. The van der Waals surface area contributed by atoms with E-state index in [2.05, 4.69) is 0 Å². The fraction of sp³-hybridized carbons (Fsp3) is 0.368. The second-order valence-electron chi connectivity index (χ2n) is 13.2. The third-order valence-corrected chi connectivity index (χ3v) is 10.1. The normalized spacial score (nSPS) is 20.9. The molecule has 4 heterocycles. The van der Waals surface area contributed by atoms with Crippen LogP contribution in [0.2, 0.25) is 0 Å². The number of carbonyl (C=O) groups excluding carboxylic acids is 2. The first-order valence-electron chi connectivity index (χ1n) is 16.7. The van der Waals surface area contributed by atoms with Gasteiger partial charge in [0.2, 0.25) is 0 Å². The zero-order valence-corrected chi connectivity index (χ0v) is 27.8. The fourth-order valence-electron chi connectivity index (χ4n) is 7.21. The predicted molar refractivity (Wildman–Crippen MR) is 185 cm³/mol. The third kappa shape index (κ3) is 5.66. The monoisotopic (exact) mass is 662 g/mol. The summed E-state index contributed by atoms with van der Waals surface area (Å²) in [6.45, 7) is 1.47. The molecule has 1 aliphatic carbocycles. The Labute approximate surface area is 284 Å². The number of hydrogen-bond donors (Lipinski definition) is 0. The average Bonchev–Trinajstić information content (AvgIpc) is 3.66. The molecular formula is C38H38N4O7. The van der Waals surface area contributed by atoms with Crippen LogP contribution >= 0.6 is 0 Å². The van der Waals surface area contributed by atoms with E-state index < -0.39 is 0 Å². The van der Waals surface area contributed by atoms with Gasteiger partial charge in [0, 0.05) is 50.1 Å². The maximum atomic E-state index is 13.7. The Morgan fingerprint density at radius 1 is 0.755 bits per heavy atom. The number of carbonyl (C=O) groups is 2. The lowest BCUT2D eigenvalue weighted by Gasteiger charge is -2.21. The van der Waals surface area contributed by atoms with Gasteiger partial charge in [0.15, 0.2) is 23.0 Å². The second kappa shape index (κ2) is 12.3. The molecule has 2 fully saturated rings. The summed E-state index contributed by atoms with van der Waals surface area (Å²) in [5, 5.41) is 0. The van der Waals surface area contributed by atoms with E-state index >= 15 is 0 Å². The number of methoxy groups -OCH3 is 3. The molecule has 11 nitrogen and oxygen atoms in total. The van der Waals surface area contributed by atoms with Crippen LogP contribution in [-0.2, 0) is 0 Å². The number of aliphatic imine (C=N–C) groups is 2. The van der Waals surface area contributed by atoms with E-state index in [1.54, 1.807) is 50.5 Å². The number of rotatable bonds is 10. The Morgan fingerprint density at radius 2 is 1.37 bits per heavy atom. The van der Waals surface area contributed by atoms with E-state index in [4.69, 9.17) is 33.7 Å². The smallest absolute Gasteiger partial charge is 0.260 e. The van der Waals surface area contributed by atoms with E-state index in [-0.39, 0.29) is 23.9 Å². The van der Waals surface area contributed by atoms with Crippen LogP contribution in [0.5, 0.6) is 28.7 Å². The third-order valence-electron chi connectivity index (χ3n) is 10.1. The lowest BCUT2D eigenvalue weighted by molar-refractivity contribution is 0.0766.